The van der Waals surface area contributed by atoms with Gasteiger partial charge in [0.2, 0.25) is 15.9 Å². The maximum Gasteiger partial charge on any atom is 0.324 e. The number of carbonyl (C=O) groups excluding carboxylic acids is 2. The van der Waals surface area contributed by atoms with E-state index in [0.717, 1.165) is 11.1 Å². The number of cyclic esters (lactones) is 1. The number of anilines is 1. The average molecular weight is 388 g/mol. The molecule has 142 valence electrons. The van der Waals surface area contributed by atoms with Crippen molar-refractivity contribution in [2.75, 3.05) is 11.9 Å². The summed E-state index contributed by atoms with van der Waals surface area (Å²) < 4.78 is 31.8. The second-order valence-electron chi connectivity index (χ2n) is 6.31. The smallest absolute Gasteiger partial charge is 0.324 e. The maximum atomic E-state index is 12.3. The van der Waals surface area contributed by atoms with E-state index in [2.05, 4.69) is 10.0 Å². The van der Waals surface area contributed by atoms with E-state index < -0.39 is 22.0 Å². The zero-order valence-corrected chi connectivity index (χ0v) is 15.6. The van der Waals surface area contributed by atoms with Gasteiger partial charge < -0.3 is 10.1 Å². The van der Waals surface area contributed by atoms with Crippen LogP contribution in [0.3, 0.4) is 0 Å². The van der Waals surface area contributed by atoms with E-state index in [0.29, 0.717) is 12.1 Å². The van der Waals surface area contributed by atoms with Crippen LogP contribution in [0.2, 0.25) is 0 Å². The molecule has 27 heavy (non-hydrogen) atoms. The highest BCUT2D eigenvalue weighted by molar-refractivity contribution is 7.89. The highest BCUT2D eigenvalue weighted by Crippen LogP contribution is 2.17. The van der Waals surface area contributed by atoms with Crippen LogP contribution in [0.1, 0.15) is 17.5 Å². The van der Waals surface area contributed by atoms with Crippen molar-refractivity contribution >= 4 is 27.6 Å². The van der Waals surface area contributed by atoms with Crippen LogP contribution in [0.5, 0.6) is 0 Å². The molecule has 0 saturated carbocycles. The summed E-state index contributed by atoms with van der Waals surface area (Å²) in [6, 6.07) is 12.5. The Morgan fingerprint density at radius 3 is 2.48 bits per heavy atom. The van der Waals surface area contributed by atoms with Gasteiger partial charge in [0.25, 0.3) is 0 Å². The Morgan fingerprint density at radius 2 is 1.85 bits per heavy atom. The van der Waals surface area contributed by atoms with Crippen molar-refractivity contribution in [3.05, 3.63) is 59.7 Å². The summed E-state index contributed by atoms with van der Waals surface area (Å²) in [4.78, 5) is 23.6. The third kappa shape index (κ3) is 4.72. The molecule has 0 aromatic heterocycles. The lowest BCUT2D eigenvalue weighted by molar-refractivity contribution is -0.139. The van der Waals surface area contributed by atoms with E-state index in [1.807, 2.05) is 31.2 Å². The molecule has 1 amide bonds. The number of hydrogen-bond acceptors (Lipinski definition) is 5. The lowest BCUT2D eigenvalue weighted by atomic mass is 10.1. The van der Waals surface area contributed by atoms with Crippen LogP contribution in [0, 0.1) is 6.92 Å². The van der Waals surface area contributed by atoms with Crippen molar-refractivity contribution in [3.63, 3.8) is 0 Å². The maximum absolute atomic E-state index is 12.3. The summed E-state index contributed by atoms with van der Waals surface area (Å²) in [5.74, 6) is -0.759. The molecule has 3 rings (SSSR count). The van der Waals surface area contributed by atoms with Crippen molar-refractivity contribution in [1.29, 1.82) is 0 Å². The van der Waals surface area contributed by atoms with E-state index in [1.165, 1.54) is 24.3 Å². The minimum Gasteiger partial charge on any atom is -0.464 e. The first kappa shape index (κ1) is 19.1. The normalized spacial score (nSPS) is 16.8. The molecule has 2 N–H and O–H groups in total. The monoisotopic (exact) mass is 388 g/mol. The van der Waals surface area contributed by atoms with Crippen LogP contribution in [-0.2, 0) is 30.8 Å². The summed E-state index contributed by atoms with van der Waals surface area (Å²) in [6.07, 6.45) is 0.545. The zero-order chi connectivity index (χ0) is 19.4. The first-order valence-corrected chi connectivity index (χ1v) is 9.97. The molecule has 1 atom stereocenters. The Kier molecular flexibility index (Phi) is 5.57. The van der Waals surface area contributed by atoms with Gasteiger partial charge in [-0.15, -0.1) is 0 Å². The lowest BCUT2D eigenvalue weighted by Crippen LogP contribution is -2.37. The van der Waals surface area contributed by atoms with Crippen molar-refractivity contribution in [2.24, 2.45) is 0 Å². The molecule has 7 nitrogen and oxygen atoms in total. The molecule has 1 aliphatic rings. The molecule has 1 heterocycles. The van der Waals surface area contributed by atoms with Crippen LogP contribution < -0.4 is 10.0 Å². The first-order valence-electron chi connectivity index (χ1n) is 8.48. The van der Waals surface area contributed by atoms with Gasteiger partial charge in [-0.1, -0.05) is 24.3 Å². The Bertz CT molecular complexity index is 954. The Hall–Kier alpha value is -2.71. The van der Waals surface area contributed by atoms with Crippen molar-refractivity contribution in [1.82, 2.24) is 4.72 Å². The van der Waals surface area contributed by atoms with Crippen LogP contribution in [-0.4, -0.2) is 32.9 Å². The third-order valence-corrected chi connectivity index (χ3v) is 5.78. The second-order valence-corrected chi connectivity index (χ2v) is 8.02. The summed E-state index contributed by atoms with van der Waals surface area (Å²) >= 11 is 0. The lowest BCUT2D eigenvalue weighted by Gasteiger charge is -2.11. The summed E-state index contributed by atoms with van der Waals surface area (Å²) in [7, 11) is -3.84. The molecular weight excluding hydrogens is 368 g/mol. The largest absolute Gasteiger partial charge is 0.464 e. The number of carbonyl (C=O) groups is 2. The number of nitrogens with one attached hydrogen (secondary N) is 2. The van der Waals surface area contributed by atoms with Gasteiger partial charge in [-0.05, 0) is 42.3 Å². The SMILES string of the molecule is Cc1ccccc1CC(=O)Nc1ccc(S(=O)(=O)N[C@H]2CCOC2=O)cc1. The summed E-state index contributed by atoms with van der Waals surface area (Å²) in [5, 5.41) is 2.75. The predicted molar refractivity (Wildman–Crippen MR) is 99.6 cm³/mol. The summed E-state index contributed by atoms with van der Waals surface area (Å²) in [5.41, 5.74) is 2.46. The fraction of sp³-hybridized carbons (Fsp3) is 0.263. The average Bonchev–Trinajstić information content (AvgIpc) is 3.01. The van der Waals surface area contributed by atoms with Crippen LogP contribution in [0.15, 0.2) is 53.4 Å². The molecule has 1 aliphatic heterocycles. The molecule has 2 aromatic carbocycles. The Labute approximate surface area is 157 Å². The second kappa shape index (κ2) is 7.89. The van der Waals surface area contributed by atoms with Crippen LogP contribution in [0.25, 0.3) is 0 Å². The molecule has 0 spiro atoms. The van der Waals surface area contributed by atoms with Crippen molar-refractivity contribution in [3.8, 4) is 0 Å². The van der Waals surface area contributed by atoms with E-state index >= 15 is 0 Å². The van der Waals surface area contributed by atoms with Crippen molar-refractivity contribution in [2.45, 2.75) is 30.7 Å². The molecule has 2 aromatic rings. The van der Waals surface area contributed by atoms with Crippen molar-refractivity contribution < 1.29 is 22.7 Å². The van der Waals surface area contributed by atoms with E-state index in [-0.39, 0.29) is 23.8 Å². The van der Waals surface area contributed by atoms with Gasteiger partial charge in [0.1, 0.15) is 6.04 Å². The minimum absolute atomic E-state index is 0.0131. The first-order chi connectivity index (χ1) is 12.8. The highest BCUT2D eigenvalue weighted by Gasteiger charge is 2.31. The predicted octanol–water partition coefficient (Wildman–Crippen LogP) is 1.77. The number of sulfonamides is 1. The number of benzene rings is 2. The van der Waals surface area contributed by atoms with Crippen LogP contribution in [0.4, 0.5) is 5.69 Å². The number of amides is 1. The number of ether oxygens (including phenoxy) is 1. The number of hydrogen-bond donors (Lipinski definition) is 2. The molecule has 8 heteroatoms. The quantitative estimate of drug-likeness (QED) is 0.735. The molecule has 0 bridgehead atoms. The standard InChI is InChI=1S/C19H20N2O5S/c1-13-4-2-3-5-14(13)12-18(22)20-15-6-8-16(9-7-15)27(24,25)21-17-10-11-26-19(17)23/h2-9,17,21H,10-12H2,1H3,(H,20,22)/t17-/m0/s1. The molecule has 0 aliphatic carbocycles. The molecule has 1 fully saturated rings. The molecule has 0 radical (unpaired) electrons. The highest BCUT2D eigenvalue weighted by atomic mass is 32.2. The Morgan fingerprint density at radius 1 is 1.15 bits per heavy atom. The van der Waals surface area contributed by atoms with Gasteiger partial charge in [-0.3, -0.25) is 9.59 Å². The molecule has 0 unspecified atom stereocenters. The van der Waals surface area contributed by atoms with Gasteiger partial charge in [0.15, 0.2) is 0 Å². The number of esters is 1. The van der Waals surface area contributed by atoms with Gasteiger partial charge in [-0.25, -0.2) is 8.42 Å². The van der Waals surface area contributed by atoms with E-state index in [1.54, 1.807) is 0 Å². The van der Waals surface area contributed by atoms with Crippen LogP contribution >= 0.6 is 0 Å². The Balaban J connectivity index is 1.63. The molecular formula is C19H20N2O5S. The van der Waals surface area contributed by atoms with Gasteiger partial charge in [0.05, 0.1) is 17.9 Å². The van der Waals surface area contributed by atoms with E-state index in [4.69, 9.17) is 4.74 Å². The minimum atomic E-state index is -3.84. The fourth-order valence-electron chi connectivity index (χ4n) is 2.76. The van der Waals surface area contributed by atoms with E-state index in [9.17, 15) is 18.0 Å². The van der Waals surface area contributed by atoms with Gasteiger partial charge >= 0.3 is 5.97 Å². The zero-order valence-electron chi connectivity index (χ0n) is 14.8. The number of aryl methyl sites for hydroxylation is 1. The third-order valence-electron chi connectivity index (χ3n) is 4.29. The number of rotatable bonds is 6. The molecule has 1 saturated heterocycles. The topological polar surface area (TPSA) is 102 Å². The van der Waals surface area contributed by atoms with Gasteiger partial charge in [-0.2, -0.15) is 4.72 Å². The fourth-order valence-corrected chi connectivity index (χ4v) is 3.98. The summed E-state index contributed by atoms with van der Waals surface area (Å²) in [6.45, 7) is 2.15. The van der Waals surface area contributed by atoms with Gasteiger partial charge in [0, 0.05) is 12.1 Å².